The molecule has 0 saturated carbocycles. The highest BCUT2D eigenvalue weighted by atomic mass is 32.2. The summed E-state index contributed by atoms with van der Waals surface area (Å²) in [5.74, 6) is -1.37. The molecule has 2 heterocycles. The quantitative estimate of drug-likeness (QED) is 0.0879. The number of nitrogens with zero attached hydrogens (tertiary/aromatic N) is 2. The van der Waals surface area contributed by atoms with Gasteiger partial charge in [-0.2, -0.15) is 0 Å². The fourth-order valence-corrected chi connectivity index (χ4v) is 7.21. The fourth-order valence-electron chi connectivity index (χ4n) is 5.76. The molecule has 0 aliphatic carbocycles. The van der Waals surface area contributed by atoms with Crippen LogP contribution in [0.5, 0.6) is 0 Å². The Bertz CT molecular complexity index is 2630. The second-order valence-electron chi connectivity index (χ2n) is 12.9. The number of nitrogens with two attached hydrogens (primary N) is 1. The third-order valence-electron chi connectivity index (χ3n) is 8.94. The molecular formula is C39H41F2N7O7S2. The standard InChI is InChI=1S/C22H25FN4O4S.C17H16FN3O3S/c1-3-4-13-24-22(29)26-32(30,31)17-10-8-16(9-11-17)25-21(28)15(2)27-14-12-18-19(23)6-5-7-20(18)27;1-11(21-10-9-14-15(18)3-2-4-16(14)21)17(22)20-12-5-7-13(8-6-12)25(19,23)24/h5-12,14-15H,3-4,13H2,1-2H3,(H,25,28)(H2,24,26,29);2-11H,1H3,(H,20,22)(H2,19,23,24)/t15-;11-/m11/s1. The molecule has 0 bridgehead atoms. The summed E-state index contributed by atoms with van der Waals surface area (Å²) in [6.07, 6.45) is 4.91. The van der Waals surface area contributed by atoms with E-state index >= 15 is 0 Å². The van der Waals surface area contributed by atoms with Crippen molar-refractivity contribution in [1.29, 1.82) is 0 Å². The van der Waals surface area contributed by atoms with Crippen LogP contribution in [-0.4, -0.2) is 50.4 Å². The summed E-state index contributed by atoms with van der Waals surface area (Å²) in [6, 6.07) is 21.6. The van der Waals surface area contributed by atoms with Gasteiger partial charge in [0.05, 0.1) is 20.8 Å². The van der Waals surface area contributed by atoms with Crippen molar-refractivity contribution in [3.8, 4) is 0 Å². The van der Waals surface area contributed by atoms with Crippen LogP contribution in [0.15, 0.2) is 119 Å². The van der Waals surface area contributed by atoms with Gasteiger partial charge in [0, 0.05) is 41.1 Å². The maximum atomic E-state index is 13.9. The third kappa shape index (κ3) is 10.2. The van der Waals surface area contributed by atoms with Crippen LogP contribution < -0.4 is 25.8 Å². The lowest BCUT2D eigenvalue weighted by atomic mass is 10.2. The number of rotatable bonds is 12. The molecule has 0 aliphatic rings. The SMILES string of the molecule is CCCCNC(=O)NS(=O)(=O)c1ccc(NC(=O)[C@@H](C)n2ccc3c(F)cccc32)cc1.C[C@H](C(=O)Nc1ccc(S(N)(=O)=O)cc1)n1ccc2c(F)cccc21. The normalized spacial score (nSPS) is 12.6. The number of nitrogens with one attached hydrogen (secondary N) is 4. The number of sulfonamides is 2. The van der Waals surface area contributed by atoms with Crippen LogP contribution in [0.4, 0.5) is 25.0 Å². The first-order chi connectivity index (χ1) is 27.0. The number of benzene rings is 4. The van der Waals surface area contributed by atoms with Gasteiger partial charge < -0.3 is 25.1 Å². The number of halogens is 2. The van der Waals surface area contributed by atoms with Crippen LogP contribution in [0.25, 0.3) is 21.8 Å². The van der Waals surface area contributed by atoms with E-state index < -0.39 is 38.2 Å². The fraction of sp³-hybridized carbons (Fsp3) is 0.205. The largest absolute Gasteiger partial charge is 0.337 e. The van der Waals surface area contributed by atoms with E-state index in [2.05, 4.69) is 16.0 Å². The van der Waals surface area contributed by atoms with Gasteiger partial charge in [-0.15, -0.1) is 0 Å². The summed E-state index contributed by atoms with van der Waals surface area (Å²) in [4.78, 5) is 36.7. The zero-order chi connectivity index (χ0) is 41.5. The van der Waals surface area contributed by atoms with E-state index in [4.69, 9.17) is 5.14 Å². The molecule has 57 heavy (non-hydrogen) atoms. The molecule has 14 nitrogen and oxygen atoms in total. The van der Waals surface area contributed by atoms with Crippen molar-refractivity contribution >= 4 is 71.1 Å². The molecule has 6 rings (SSSR count). The number of unbranched alkanes of at least 4 members (excludes halogenated alkanes) is 1. The molecule has 300 valence electrons. The first-order valence-corrected chi connectivity index (χ1v) is 20.7. The predicted octanol–water partition coefficient (Wildman–Crippen LogP) is 6.40. The van der Waals surface area contributed by atoms with Gasteiger partial charge in [0.15, 0.2) is 0 Å². The molecule has 4 amide bonds. The van der Waals surface area contributed by atoms with Crippen LogP contribution in [0.1, 0.15) is 45.7 Å². The lowest BCUT2D eigenvalue weighted by molar-refractivity contribution is -0.119. The number of aromatic nitrogens is 2. The molecule has 0 aliphatic heterocycles. The molecule has 0 radical (unpaired) electrons. The summed E-state index contributed by atoms with van der Waals surface area (Å²) in [5.41, 5.74) is 2.03. The second kappa shape index (κ2) is 17.8. The minimum absolute atomic E-state index is 0.0366. The number of primary sulfonamides is 1. The van der Waals surface area contributed by atoms with Gasteiger partial charge in [-0.1, -0.05) is 25.5 Å². The van der Waals surface area contributed by atoms with E-state index in [0.29, 0.717) is 39.7 Å². The molecule has 0 unspecified atom stereocenters. The van der Waals surface area contributed by atoms with E-state index in [-0.39, 0.29) is 33.2 Å². The van der Waals surface area contributed by atoms with E-state index in [1.165, 1.54) is 60.7 Å². The van der Waals surface area contributed by atoms with Crippen LogP contribution in [0, 0.1) is 11.6 Å². The number of urea groups is 1. The Morgan fingerprint density at radius 1 is 0.667 bits per heavy atom. The lowest BCUT2D eigenvalue weighted by Crippen LogP contribution is -2.39. The molecule has 2 atom stereocenters. The van der Waals surface area contributed by atoms with Gasteiger partial charge in [-0.3, -0.25) is 9.59 Å². The molecule has 6 N–H and O–H groups in total. The Labute approximate surface area is 328 Å². The minimum atomic E-state index is -4.04. The molecule has 0 saturated heterocycles. The first kappa shape index (κ1) is 42.0. The Balaban J connectivity index is 0.000000224. The predicted molar refractivity (Wildman–Crippen MR) is 213 cm³/mol. The maximum Gasteiger partial charge on any atom is 0.328 e. The van der Waals surface area contributed by atoms with Crippen molar-refractivity contribution in [2.75, 3.05) is 17.2 Å². The van der Waals surface area contributed by atoms with Crippen molar-refractivity contribution < 1.29 is 40.0 Å². The molecule has 4 aromatic carbocycles. The summed E-state index contributed by atoms with van der Waals surface area (Å²) in [7, 11) is -7.82. The van der Waals surface area contributed by atoms with Gasteiger partial charge in [0.25, 0.3) is 10.0 Å². The first-order valence-electron chi connectivity index (χ1n) is 17.7. The molecule has 0 spiro atoms. The minimum Gasteiger partial charge on any atom is -0.337 e. The summed E-state index contributed by atoms with van der Waals surface area (Å²) < 4.78 is 80.1. The Morgan fingerprint density at radius 3 is 1.53 bits per heavy atom. The summed E-state index contributed by atoms with van der Waals surface area (Å²) in [6.45, 7) is 5.71. The number of fused-ring (bicyclic) bond motifs is 2. The molecule has 0 fully saturated rings. The zero-order valence-corrected chi connectivity index (χ0v) is 32.7. The van der Waals surface area contributed by atoms with Crippen LogP contribution >= 0.6 is 0 Å². The highest BCUT2D eigenvalue weighted by Gasteiger charge is 2.21. The lowest BCUT2D eigenvalue weighted by Gasteiger charge is -2.16. The van der Waals surface area contributed by atoms with Crippen LogP contribution in [-0.2, 0) is 29.6 Å². The van der Waals surface area contributed by atoms with Crippen LogP contribution in [0.2, 0.25) is 0 Å². The monoisotopic (exact) mass is 821 g/mol. The second-order valence-corrected chi connectivity index (χ2v) is 16.2. The highest BCUT2D eigenvalue weighted by Crippen LogP contribution is 2.25. The highest BCUT2D eigenvalue weighted by molar-refractivity contribution is 7.90. The zero-order valence-electron chi connectivity index (χ0n) is 31.1. The van der Waals surface area contributed by atoms with Gasteiger partial charge in [-0.25, -0.2) is 40.3 Å². The van der Waals surface area contributed by atoms with E-state index in [0.717, 1.165) is 12.8 Å². The van der Waals surface area contributed by atoms with Gasteiger partial charge >= 0.3 is 6.03 Å². The van der Waals surface area contributed by atoms with Crippen molar-refractivity contribution in [3.05, 3.63) is 121 Å². The average Bonchev–Trinajstić information content (AvgIpc) is 3.81. The Morgan fingerprint density at radius 2 is 1.11 bits per heavy atom. The van der Waals surface area contributed by atoms with E-state index in [1.807, 2.05) is 11.6 Å². The number of amides is 4. The topological polar surface area (TPSA) is 203 Å². The number of carbonyl (C=O) groups excluding carboxylic acids is 3. The smallest absolute Gasteiger partial charge is 0.328 e. The Hall–Kier alpha value is -6.11. The maximum absolute atomic E-state index is 13.9. The number of anilines is 2. The van der Waals surface area contributed by atoms with Gasteiger partial charge in [0.1, 0.15) is 23.7 Å². The van der Waals surface area contributed by atoms with E-state index in [1.54, 1.807) is 71.8 Å². The van der Waals surface area contributed by atoms with Crippen molar-refractivity contribution in [3.63, 3.8) is 0 Å². The van der Waals surface area contributed by atoms with Crippen molar-refractivity contribution in [2.24, 2.45) is 5.14 Å². The third-order valence-corrected chi connectivity index (χ3v) is 11.2. The summed E-state index contributed by atoms with van der Waals surface area (Å²) >= 11 is 0. The van der Waals surface area contributed by atoms with Crippen molar-refractivity contribution in [1.82, 2.24) is 19.2 Å². The van der Waals surface area contributed by atoms with Gasteiger partial charge in [0.2, 0.25) is 21.8 Å². The van der Waals surface area contributed by atoms with Crippen LogP contribution in [0.3, 0.4) is 0 Å². The molecule has 6 aromatic rings. The van der Waals surface area contributed by atoms with Gasteiger partial charge in [-0.05, 0) is 105 Å². The number of hydrogen-bond acceptors (Lipinski definition) is 7. The Kier molecular flexibility index (Phi) is 13.1. The average molecular weight is 822 g/mol. The number of carbonyl (C=O) groups is 3. The van der Waals surface area contributed by atoms with E-state index in [9.17, 15) is 40.0 Å². The molecule has 18 heteroatoms. The molecule has 2 aromatic heterocycles. The summed E-state index contributed by atoms with van der Waals surface area (Å²) in [5, 5.41) is 13.8. The molecular weight excluding hydrogens is 781 g/mol. The van der Waals surface area contributed by atoms with Crippen molar-refractivity contribution in [2.45, 2.75) is 55.5 Å². The number of hydrogen-bond donors (Lipinski definition) is 5.